The number of carbonyl (C=O) groups is 3. The lowest BCUT2D eigenvalue weighted by atomic mass is 9.66. The molecule has 1 aliphatic heterocycles. The van der Waals surface area contributed by atoms with Crippen molar-refractivity contribution in [3.8, 4) is 0 Å². The fraction of sp³-hybridized carbons (Fsp3) is 0.538. The summed E-state index contributed by atoms with van der Waals surface area (Å²) in [5.74, 6) is -0.384. The predicted molar refractivity (Wildman–Crippen MR) is 71.4 cm³/mol. The maximum Gasteiger partial charge on any atom is 0.337 e. The van der Waals surface area contributed by atoms with Crippen molar-refractivity contribution < 1.29 is 14.4 Å². The van der Waals surface area contributed by atoms with Gasteiger partial charge in [0.2, 0.25) is 11.0 Å². The third-order valence-corrected chi connectivity index (χ3v) is 5.22. The van der Waals surface area contributed by atoms with Gasteiger partial charge in [0.05, 0.1) is 5.69 Å². The predicted octanol–water partition coefficient (Wildman–Crippen LogP) is 1.77. The summed E-state index contributed by atoms with van der Waals surface area (Å²) in [6.07, 6.45) is 4.11. The third-order valence-electron chi connectivity index (χ3n) is 4.37. The number of barbiturate groups is 1. The number of rotatable bonds is 2. The Labute approximate surface area is 119 Å². The van der Waals surface area contributed by atoms with Crippen molar-refractivity contribution >= 4 is 34.3 Å². The van der Waals surface area contributed by atoms with Gasteiger partial charge in [0.25, 0.3) is 5.91 Å². The molecule has 1 spiro atoms. The first-order chi connectivity index (χ1) is 9.62. The molecule has 4 rings (SSSR count). The molecule has 3 fully saturated rings. The summed E-state index contributed by atoms with van der Waals surface area (Å²) in [6, 6.07) is -0.672. The number of aromatic nitrogens is 1. The van der Waals surface area contributed by atoms with Crippen molar-refractivity contribution in [1.82, 2.24) is 10.3 Å². The van der Waals surface area contributed by atoms with Crippen LogP contribution in [0.15, 0.2) is 5.38 Å². The molecule has 4 amide bonds. The van der Waals surface area contributed by atoms with E-state index in [-0.39, 0.29) is 0 Å². The number of nitrogens with zero attached hydrogens (tertiary/aromatic N) is 2. The zero-order chi connectivity index (χ0) is 13.9. The smallest absolute Gasteiger partial charge is 0.276 e. The molecular formula is C13H13N3O3S. The van der Waals surface area contributed by atoms with Gasteiger partial charge >= 0.3 is 6.03 Å². The standard InChI is InChI=1S/C13H13N3O3S/c17-9-13(4-1-5-13)10(18)16(11(19)15-9)12-14-8(6-20-12)7-2-3-7/h6-7H,1-5H2,(H,15,17,19). The number of thiazole rings is 1. The molecule has 2 aliphatic carbocycles. The van der Waals surface area contributed by atoms with Gasteiger partial charge in [0.1, 0.15) is 5.41 Å². The molecule has 0 aromatic carbocycles. The van der Waals surface area contributed by atoms with E-state index in [4.69, 9.17) is 0 Å². The Hall–Kier alpha value is -1.76. The second-order valence-corrected chi connectivity index (χ2v) is 6.50. The number of urea groups is 1. The highest BCUT2D eigenvalue weighted by molar-refractivity contribution is 7.14. The van der Waals surface area contributed by atoms with Crippen LogP contribution in [0.3, 0.4) is 0 Å². The van der Waals surface area contributed by atoms with Crippen LogP contribution in [-0.2, 0) is 9.59 Å². The number of carbonyl (C=O) groups excluding carboxylic acids is 3. The van der Waals surface area contributed by atoms with Gasteiger partial charge in [-0.1, -0.05) is 6.42 Å². The molecule has 0 unspecified atom stereocenters. The molecule has 0 bridgehead atoms. The summed E-state index contributed by atoms with van der Waals surface area (Å²) in [5.41, 5.74) is -0.0792. The van der Waals surface area contributed by atoms with Gasteiger partial charge in [-0.15, -0.1) is 11.3 Å². The molecule has 2 heterocycles. The van der Waals surface area contributed by atoms with Crippen molar-refractivity contribution in [2.75, 3.05) is 4.90 Å². The van der Waals surface area contributed by atoms with Crippen LogP contribution >= 0.6 is 11.3 Å². The van der Waals surface area contributed by atoms with E-state index < -0.39 is 23.3 Å². The van der Waals surface area contributed by atoms with Crippen molar-refractivity contribution in [2.24, 2.45) is 5.41 Å². The van der Waals surface area contributed by atoms with Crippen LogP contribution in [0.4, 0.5) is 9.93 Å². The minimum atomic E-state index is -1.03. The summed E-state index contributed by atoms with van der Waals surface area (Å²) >= 11 is 1.29. The third kappa shape index (κ3) is 1.49. The quantitative estimate of drug-likeness (QED) is 0.842. The van der Waals surface area contributed by atoms with Crippen LogP contribution in [0.25, 0.3) is 0 Å². The van der Waals surface area contributed by atoms with E-state index >= 15 is 0 Å². The van der Waals surface area contributed by atoms with Crippen LogP contribution in [0.5, 0.6) is 0 Å². The average molecular weight is 291 g/mol. The molecule has 3 aliphatic rings. The Balaban J connectivity index is 1.69. The van der Waals surface area contributed by atoms with Crippen LogP contribution in [0.1, 0.15) is 43.7 Å². The highest BCUT2D eigenvalue weighted by Gasteiger charge is 2.58. The molecule has 1 aromatic rings. The summed E-state index contributed by atoms with van der Waals surface area (Å²) in [6.45, 7) is 0. The summed E-state index contributed by atoms with van der Waals surface area (Å²) < 4.78 is 0. The molecule has 0 atom stereocenters. The Morgan fingerprint density at radius 2 is 2.05 bits per heavy atom. The van der Waals surface area contributed by atoms with E-state index in [2.05, 4.69) is 10.3 Å². The van der Waals surface area contributed by atoms with Crippen molar-refractivity contribution in [1.29, 1.82) is 0 Å². The average Bonchev–Trinajstić information content (AvgIpc) is 3.07. The number of nitrogens with one attached hydrogen (secondary N) is 1. The number of hydrogen-bond donors (Lipinski definition) is 1. The molecular weight excluding hydrogens is 278 g/mol. The summed E-state index contributed by atoms with van der Waals surface area (Å²) in [4.78, 5) is 41.9. The fourth-order valence-corrected chi connectivity index (χ4v) is 3.67. The SMILES string of the molecule is O=C1NC(=O)C2(CCC2)C(=O)N1c1nc(C2CC2)cs1. The van der Waals surface area contributed by atoms with Crippen LogP contribution in [-0.4, -0.2) is 22.8 Å². The molecule has 7 heteroatoms. The van der Waals surface area contributed by atoms with E-state index in [1.54, 1.807) is 0 Å². The fourth-order valence-electron chi connectivity index (χ4n) is 2.77. The summed E-state index contributed by atoms with van der Waals surface area (Å²) in [7, 11) is 0. The highest BCUT2D eigenvalue weighted by atomic mass is 32.1. The molecule has 1 saturated heterocycles. The molecule has 104 valence electrons. The Bertz CT molecular complexity index is 631. The van der Waals surface area contributed by atoms with Crippen molar-refractivity contribution in [3.63, 3.8) is 0 Å². The zero-order valence-electron chi connectivity index (χ0n) is 10.7. The maximum atomic E-state index is 12.6. The van der Waals surface area contributed by atoms with Crippen LogP contribution in [0, 0.1) is 5.41 Å². The second kappa shape index (κ2) is 3.88. The Morgan fingerprint density at radius 1 is 1.30 bits per heavy atom. The minimum Gasteiger partial charge on any atom is -0.276 e. The van der Waals surface area contributed by atoms with E-state index in [0.29, 0.717) is 23.9 Å². The van der Waals surface area contributed by atoms with E-state index in [9.17, 15) is 14.4 Å². The monoisotopic (exact) mass is 291 g/mol. The Morgan fingerprint density at radius 3 is 2.65 bits per heavy atom. The molecule has 2 saturated carbocycles. The van der Waals surface area contributed by atoms with Crippen LogP contribution in [0.2, 0.25) is 0 Å². The van der Waals surface area contributed by atoms with E-state index in [0.717, 1.165) is 29.9 Å². The number of anilines is 1. The normalized spacial score (nSPS) is 24.8. The highest BCUT2D eigenvalue weighted by Crippen LogP contribution is 2.46. The molecule has 6 nitrogen and oxygen atoms in total. The van der Waals surface area contributed by atoms with Crippen LogP contribution < -0.4 is 10.2 Å². The lowest BCUT2D eigenvalue weighted by Crippen LogP contribution is -2.66. The summed E-state index contributed by atoms with van der Waals surface area (Å²) in [5, 5.41) is 4.58. The molecule has 0 radical (unpaired) electrons. The van der Waals surface area contributed by atoms with Gasteiger partial charge in [-0.25, -0.2) is 14.7 Å². The first-order valence-electron chi connectivity index (χ1n) is 6.77. The largest absolute Gasteiger partial charge is 0.337 e. The van der Waals surface area contributed by atoms with Crippen molar-refractivity contribution in [3.05, 3.63) is 11.1 Å². The van der Waals surface area contributed by atoms with E-state index in [1.807, 2.05) is 5.38 Å². The van der Waals surface area contributed by atoms with Gasteiger partial charge in [-0.2, -0.15) is 0 Å². The molecule has 1 N–H and O–H groups in total. The topological polar surface area (TPSA) is 79.4 Å². The lowest BCUT2D eigenvalue weighted by Gasteiger charge is -2.43. The minimum absolute atomic E-state index is 0.383. The Kier molecular flexibility index (Phi) is 2.33. The second-order valence-electron chi connectivity index (χ2n) is 5.66. The van der Waals surface area contributed by atoms with Gasteiger partial charge in [0, 0.05) is 11.3 Å². The number of amides is 4. The number of hydrogen-bond acceptors (Lipinski definition) is 5. The van der Waals surface area contributed by atoms with Gasteiger partial charge < -0.3 is 0 Å². The van der Waals surface area contributed by atoms with Gasteiger partial charge in [-0.05, 0) is 25.7 Å². The molecule has 1 aromatic heterocycles. The number of imide groups is 2. The maximum absolute atomic E-state index is 12.6. The van der Waals surface area contributed by atoms with Gasteiger partial charge in [0.15, 0.2) is 0 Å². The van der Waals surface area contributed by atoms with Crippen molar-refractivity contribution in [2.45, 2.75) is 38.0 Å². The van der Waals surface area contributed by atoms with E-state index in [1.165, 1.54) is 11.3 Å². The molecule has 20 heavy (non-hydrogen) atoms. The lowest BCUT2D eigenvalue weighted by molar-refractivity contribution is -0.148. The van der Waals surface area contributed by atoms with Gasteiger partial charge in [-0.3, -0.25) is 14.9 Å². The first-order valence-corrected chi connectivity index (χ1v) is 7.65. The first kappa shape index (κ1) is 12.0. The zero-order valence-corrected chi connectivity index (χ0v) is 11.5.